The third kappa shape index (κ3) is 1.96. The van der Waals surface area contributed by atoms with Crippen LogP contribution < -0.4 is 4.74 Å². The average molecular weight is 232 g/mol. The van der Waals surface area contributed by atoms with Crippen molar-refractivity contribution < 1.29 is 19.3 Å². The van der Waals surface area contributed by atoms with Crippen LogP contribution in [0, 0.1) is 5.82 Å². The van der Waals surface area contributed by atoms with Gasteiger partial charge in [-0.25, -0.2) is 0 Å². The van der Waals surface area contributed by atoms with E-state index >= 15 is 0 Å². The Morgan fingerprint density at radius 2 is 2.00 bits per heavy atom. The Hall–Kier alpha value is -2.04. The van der Waals surface area contributed by atoms with Crippen molar-refractivity contribution in [3.8, 4) is 28.3 Å². The summed E-state index contributed by atoms with van der Waals surface area (Å²) >= 11 is 0. The van der Waals surface area contributed by atoms with Gasteiger partial charge in [-0.05, 0) is 0 Å². The number of hydrogen-bond donors (Lipinski definition) is 2. The van der Waals surface area contributed by atoms with E-state index in [1.165, 1.54) is 38.2 Å². The van der Waals surface area contributed by atoms with Crippen LogP contribution in [0.15, 0.2) is 30.2 Å². The van der Waals surface area contributed by atoms with Gasteiger partial charge in [0.1, 0.15) is 0 Å². The van der Waals surface area contributed by atoms with Gasteiger partial charge in [0.05, 0.1) is 0 Å². The molecule has 1 aromatic carbocycles. The van der Waals surface area contributed by atoms with Crippen molar-refractivity contribution in [2.45, 2.75) is 0 Å². The van der Waals surface area contributed by atoms with Gasteiger partial charge in [-0.15, -0.1) is 0 Å². The van der Waals surface area contributed by atoms with Gasteiger partial charge in [-0.1, -0.05) is 0 Å². The van der Waals surface area contributed by atoms with Crippen LogP contribution in [0.3, 0.4) is 0 Å². The molecule has 0 saturated carbocycles. The Balaban J connectivity index is 2.72. The molecule has 1 aromatic heterocycles. The number of methoxy groups -OCH3 is 1. The molecule has 0 atom stereocenters. The molecule has 3 nitrogen and oxygen atoms in total. The molecule has 86 valence electrons. The summed E-state index contributed by atoms with van der Waals surface area (Å²) in [6.07, 6.45) is 0. The van der Waals surface area contributed by atoms with Crippen LogP contribution >= 0.6 is 0 Å². The second-order valence-corrected chi connectivity index (χ2v) is 3.49. The number of ether oxygens (including phenoxy) is 1. The molecule has 0 aliphatic carbocycles. The van der Waals surface area contributed by atoms with Crippen molar-refractivity contribution >= 4 is 6.91 Å². The number of halogens is 1. The van der Waals surface area contributed by atoms with Crippen LogP contribution in [-0.2, 0) is 0 Å². The van der Waals surface area contributed by atoms with Crippen LogP contribution in [0.4, 0.5) is 4.39 Å². The van der Waals surface area contributed by atoms with Gasteiger partial charge in [0.15, 0.2) is 0 Å². The molecular formula is C12H10BFO3. The van der Waals surface area contributed by atoms with Gasteiger partial charge in [0.2, 0.25) is 0 Å². The van der Waals surface area contributed by atoms with Crippen molar-refractivity contribution in [3.05, 3.63) is 36.0 Å². The first-order chi connectivity index (χ1) is 8.15. The van der Waals surface area contributed by atoms with Crippen molar-refractivity contribution in [2.75, 3.05) is 7.11 Å². The van der Waals surface area contributed by atoms with E-state index in [9.17, 15) is 14.6 Å². The summed E-state index contributed by atoms with van der Waals surface area (Å²) in [5.41, 5.74) is 0.323. The van der Waals surface area contributed by atoms with E-state index in [4.69, 9.17) is 4.74 Å². The fraction of sp³-hybridized carbons (Fsp3) is 0.0833. The quantitative estimate of drug-likeness (QED) is 0.834. The molecule has 0 saturated heterocycles. The van der Waals surface area contributed by atoms with Crippen LogP contribution in [0.1, 0.15) is 0 Å². The van der Waals surface area contributed by atoms with Crippen LogP contribution in [0.5, 0.6) is 17.2 Å². The molecule has 0 fully saturated rings. The molecule has 0 bridgehead atoms. The van der Waals surface area contributed by atoms with Gasteiger partial charge in [0.25, 0.3) is 0 Å². The topological polar surface area (TPSA) is 49.7 Å². The van der Waals surface area contributed by atoms with Crippen LogP contribution in [0.25, 0.3) is 11.0 Å². The number of rotatable bonds is 2. The molecule has 17 heavy (non-hydrogen) atoms. The second kappa shape index (κ2) is 4.45. The van der Waals surface area contributed by atoms with E-state index in [2.05, 4.69) is 0 Å². The molecule has 0 unspecified atom stereocenters. The Bertz CT molecular complexity index is 557. The van der Waals surface area contributed by atoms with Crippen molar-refractivity contribution in [1.82, 2.24) is 0 Å². The zero-order chi connectivity index (χ0) is 12.4. The molecular weight excluding hydrogens is 222 g/mol. The molecule has 2 rings (SSSR count). The molecule has 0 radical (unpaired) electrons. The Morgan fingerprint density at radius 1 is 1.24 bits per heavy atom. The second-order valence-electron chi connectivity index (χ2n) is 3.49. The Kier molecular flexibility index (Phi) is 3.00. The third-order valence-electron chi connectivity index (χ3n) is 2.48. The van der Waals surface area contributed by atoms with Gasteiger partial charge in [-0.2, -0.15) is 0 Å². The number of aromatic hydroxyl groups is 2. The molecule has 5 heteroatoms. The molecule has 2 aromatic rings. The summed E-state index contributed by atoms with van der Waals surface area (Å²) in [5, 5.41) is 19.1. The van der Waals surface area contributed by atoms with Crippen molar-refractivity contribution in [3.63, 3.8) is 0 Å². The first kappa shape index (κ1) is 11.5. The van der Waals surface area contributed by atoms with E-state index < -0.39 is 5.82 Å². The fourth-order valence-electron chi connectivity index (χ4n) is 1.67. The number of benzene rings is 1. The van der Waals surface area contributed by atoms with Gasteiger partial charge >= 0.3 is 97.7 Å². The summed E-state index contributed by atoms with van der Waals surface area (Å²) < 4.78 is 18.8. The minimum atomic E-state index is -0.523. The van der Waals surface area contributed by atoms with E-state index in [1.54, 1.807) is 6.07 Å². The van der Waals surface area contributed by atoms with Crippen molar-refractivity contribution in [1.29, 1.82) is 0 Å². The Labute approximate surface area is 98.3 Å². The summed E-state index contributed by atoms with van der Waals surface area (Å²) in [6, 6.07) is 5.69. The predicted octanol–water partition coefficient (Wildman–Crippen LogP) is 2.25. The summed E-state index contributed by atoms with van der Waals surface area (Å²) in [7, 11) is 1.41. The molecule has 0 amide bonds. The maximum atomic E-state index is 13.8. The molecule has 0 aliphatic heterocycles. The first-order valence-electron chi connectivity index (χ1n) is 4.99. The maximum absolute atomic E-state index is 13.8. The fourth-order valence-corrected chi connectivity index (χ4v) is 1.67. The van der Waals surface area contributed by atoms with Gasteiger partial charge in [0, 0.05) is 0 Å². The Morgan fingerprint density at radius 3 is 2.71 bits per heavy atom. The zero-order valence-corrected chi connectivity index (χ0v) is 9.14. The summed E-state index contributed by atoms with van der Waals surface area (Å²) in [4.78, 5) is 0. The molecule has 0 aliphatic rings. The van der Waals surface area contributed by atoms with E-state index in [0.29, 0.717) is 5.75 Å². The monoisotopic (exact) mass is 232 g/mol. The zero-order valence-electron chi connectivity index (χ0n) is 9.14. The summed E-state index contributed by atoms with van der Waals surface area (Å²) in [5.74, 6) is 0.635. The van der Waals surface area contributed by atoms with E-state index in [-0.39, 0.29) is 22.5 Å². The van der Waals surface area contributed by atoms with Gasteiger partial charge in [-0.3, -0.25) is 0 Å². The SMILES string of the molecule is COc1cccc(F)c1-c1bccc(O)c1O. The van der Waals surface area contributed by atoms with Crippen molar-refractivity contribution in [2.24, 2.45) is 0 Å². The normalized spacial score (nSPS) is 10.0. The third-order valence-corrected chi connectivity index (χ3v) is 2.48. The van der Waals surface area contributed by atoms with E-state index in [0.717, 1.165) is 0 Å². The number of hydrogen-bond acceptors (Lipinski definition) is 3. The molecule has 2 N–H and O–H groups in total. The first-order valence-corrected chi connectivity index (χ1v) is 4.99. The predicted molar refractivity (Wildman–Crippen MR) is 63.1 cm³/mol. The summed E-state index contributed by atoms with van der Waals surface area (Å²) in [6.45, 7) is 1.51. The van der Waals surface area contributed by atoms with E-state index in [1.807, 2.05) is 0 Å². The molecule has 1 heterocycles. The standard InChI is InChI=1S/C12H10BFO3/c1-17-9-4-2-3-7(14)10(9)11-12(16)8(15)5-6-13-11/h2-6,15-16H,1H3. The van der Waals surface area contributed by atoms with Crippen LogP contribution in [0.2, 0.25) is 0 Å². The van der Waals surface area contributed by atoms with Gasteiger partial charge < -0.3 is 0 Å². The average Bonchev–Trinajstić information content (AvgIpc) is 2.33. The van der Waals surface area contributed by atoms with Crippen LogP contribution in [-0.4, -0.2) is 24.2 Å². The molecule has 0 spiro atoms. The minimum absolute atomic E-state index is 0.128.